The molecule has 112 valence electrons. The summed E-state index contributed by atoms with van der Waals surface area (Å²) in [4.78, 5) is 16.9. The van der Waals surface area contributed by atoms with Gasteiger partial charge in [0, 0.05) is 14.2 Å². The number of piperidine rings is 1. The lowest BCUT2D eigenvalue weighted by Gasteiger charge is -2.33. The number of hydrogen-bond acceptors (Lipinski definition) is 4. The highest BCUT2D eigenvalue weighted by molar-refractivity contribution is 9.10. The van der Waals surface area contributed by atoms with Gasteiger partial charge in [-0.1, -0.05) is 6.42 Å². The van der Waals surface area contributed by atoms with Crippen LogP contribution in [0.3, 0.4) is 0 Å². The summed E-state index contributed by atoms with van der Waals surface area (Å²) in [5.41, 5.74) is 0. The van der Waals surface area contributed by atoms with E-state index in [4.69, 9.17) is 4.74 Å². The number of thiophene rings is 1. The monoisotopic (exact) mass is 359 g/mol. The smallest absolute Gasteiger partial charge is 0.307 e. The third-order valence-electron chi connectivity index (χ3n) is 3.70. The molecule has 0 amide bonds. The number of carbonyl (C=O) groups is 1. The number of halogens is 1. The van der Waals surface area contributed by atoms with Gasteiger partial charge in [-0.2, -0.15) is 0 Å². The lowest BCUT2D eigenvalue weighted by molar-refractivity contribution is -0.144. The zero-order valence-corrected chi connectivity index (χ0v) is 14.6. The number of likely N-dealkylation sites (tertiary alicyclic amines) is 1. The van der Waals surface area contributed by atoms with Crippen molar-refractivity contribution in [3.05, 3.63) is 20.3 Å². The normalized spacial score (nSPS) is 17.9. The van der Waals surface area contributed by atoms with Crippen molar-refractivity contribution in [3.8, 4) is 0 Å². The van der Waals surface area contributed by atoms with Crippen molar-refractivity contribution in [1.29, 1.82) is 0 Å². The maximum Gasteiger partial charge on any atom is 0.307 e. The molecule has 1 unspecified atom stereocenters. The minimum absolute atomic E-state index is 0.0924. The second-order valence-electron chi connectivity index (χ2n) is 5.17. The van der Waals surface area contributed by atoms with Crippen molar-refractivity contribution in [1.82, 2.24) is 4.90 Å². The van der Waals surface area contributed by atoms with Gasteiger partial charge in [0.2, 0.25) is 0 Å². The van der Waals surface area contributed by atoms with Crippen LogP contribution in [0.15, 0.2) is 10.5 Å². The first-order valence-corrected chi connectivity index (χ1v) is 8.88. The van der Waals surface area contributed by atoms with Crippen molar-refractivity contribution >= 4 is 33.2 Å². The Bertz CT molecular complexity index is 435. The predicted octanol–water partition coefficient (Wildman–Crippen LogP) is 4.30. The summed E-state index contributed by atoms with van der Waals surface area (Å²) >= 11 is 5.36. The van der Waals surface area contributed by atoms with E-state index in [9.17, 15) is 4.79 Å². The van der Waals surface area contributed by atoms with Gasteiger partial charge in [-0.15, -0.1) is 11.3 Å². The van der Waals surface area contributed by atoms with Gasteiger partial charge in [0.05, 0.1) is 19.1 Å². The van der Waals surface area contributed by atoms with E-state index in [1.807, 2.05) is 6.92 Å². The Hall–Kier alpha value is -0.390. The van der Waals surface area contributed by atoms with Gasteiger partial charge in [0.25, 0.3) is 0 Å². The highest BCUT2D eigenvalue weighted by Gasteiger charge is 2.27. The van der Waals surface area contributed by atoms with Crippen molar-refractivity contribution in [3.63, 3.8) is 0 Å². The van der Waals surface area contributed by atoms with Crippen LogP contribution in [0, 0.1) is 6.92 Å². The Morgan fingerprint density at radius 3 is 2.70 bits per heavy atom. The van der Waals surface area contributed by atoms with E-state index < -0.39 is 0 Å². The molecule has 20 heavy (non-hydrogen) atoms. The largest absolute Gasteiger partial charge is 0.466 e. The van der Waals surface area contributed by atoms with Crippen molar-refractivity contribution in [2.45, 2.75) is 45.6 Å². The number of ether oxygens (including phenoxy) is 1. The second-order valence-corrected chi connectivity index (χ2v) is 7.32. The van der Waals surface area contributed by atoms with E-state index in [0.29, 0.717) is 13.0 Å². The fourth-order valence-electron chi connectivity index (χ4n) is 2.66. The third kappa shape index (κ3) is 4.06. The summed E-state index contributed by atoms with van der Waals surface area (Å²) < 4.78 is 6.29. The SMILES string of the molecule is CCOC(=O)CC(c1cc(Br)c(C)s1)N1CCCCC1. The van der Waals surface area contributed by atoms with Gasteiger partial charge in [-0.05, 0) is 61.8 Å². The molecule has 1 fully saturated rings. The van der Waals surface area contributed by atoms with Gasteiger partial charge < -0.3 is 4.74 Å². The van der Waals surface area contributed by atoms with Crippen LogP contribution in [0.1, 0.15) is 48.4 Å². The number of hydrogen-bond donors (Lipinski definition) is 0. The summed E-state index contributed by atoms with van der Waals surface area (Å²) in [5, 5.41) is 0. The zero-order valence-electron chi connectivity index (χ0n) is 12.2. The Morgan fingerprint density at radius 1 is 1.45 bits per heavy atom. The fraction of sp³-hybridized carbons (Fsp3) is 0.667. The van der Waals surface area contributed by atoms with Crippen molar-refractivity contribution in [2.75, 3.05) is 19.7 Å². The first kappa shape index (κ1) is 16.0. The average Bonchev–Trinajstić information content (AvgIpc) is 2.77. The predicted molar refractivity (Wildman–Crippen MR) is 86.2 cm³/mol. The summed E-state index contributed by atoms with van der Waals surface area (Å²) in [6.45, 7) is 6.59. The van der Waals surface area contributed by atoms with Crippen LogP contribution in [0.4, 0.5) is 0 Å². The van der Waals surface area contributed by atoms with Crippen LogP contribution < -0.4 is 0 Å². The van der Waals surface area contributed by atoms with Gasteiger partial charge in [-0.3, -0.25) is 9.69 Å². The quantitative estimate of drug-likeness (QED) is 0.734. The minimum atomic E-state index is -0.0924. The molecule has 1 aromatic rings. The molecule has 0 aliphatic carbocycles. The summed E-state index contributed by atoms with van der Waals surface area (Å²) in [5.74, 6) is -0.0924. The Labute approximate surface area is 133 Å². The minimum Gasteiger partial charge on any atom is -0.466 e. The summed E-state index contributed by atoms with van der Waals surface area (Å²) in [6, 6.07) is 2.34. The lowest BCUT2D eigenvalue weighted by Crippen LogP contribution is -2.34. The molecule has 2 heterocycles. The third-order valence-corrected chi connectivity index (χ3v) is 5.94. The number of esters is 1. The van der Waals surface area contributed by atoms with E-state index in [0.717, 1.165) is 17.6 Å². The van der Waals surface area contributed by atoms with Crippen molar-refractivity contribution < 1.29 is 9.53 Å². The van der Waals surface area contributed by atoms with Crippen LogP contribution in [0.2, 0.25) is 0 Å². The fourth-order valence-corrected chi connectivity index (χ4v) is 4.36. The van der Waals surface area contributed by atoms with Crippen LogP contribution >= 0.6 is 27.3 Å². The molecule has 1 saturated heterocycles. The van der Waals surface area contributed by atoms with Crippen LogP contribution in [-0.4, -0.2) is 30.6 Å². The maximum atomic E-state index is 11.9. The molecule has 0 bridgehead atoms. The maximum absolute atomic E-state index is 11.9. The summed E-state index contributed by atoms with van der Waals surface area (Å²) in [7, 11) is 0. The number of aryl methyl sites for hydroxylation is 1. The summed E-state index contributed by atoms with van der Waals surface area (Å²) in [6.07, 6.45) is 4.21. The van der Waals surface area contributed by atoms with Crippen LogP contribution in [-0.2, 0) is 9.53 Å². The van der Waals surface area contributed by atoms with E-state index in [1.54, 1.807) is 11.3 Å². The van der Waals surface area contributed by atoms with Crippen LogP contribution in [0.5, 0.6) is 0 Å². The number of nitrogens with zero attached hydrogens (tertiary/aromatic N) is 1. The van der Waals surface area contributed by atoms with Gasteiger partial charge in [0.15, 0.2) is 0 Å². The van der Waals surface area contributed by atoms with Crippen LogP contribution in [0.25, 0.3) is 0 Å². The van der Waals surface area contributed by atoms with Gasteiger partial charge in [-0.25, -0.2) is 0 Å². The lowest BCUT2D eigenvalue weighted by atomic mass is 10.0. The van der Waals surface area contributed by atoms with Gasteiger partial charge in [0.1, 0.15) is 0 Å². The molecule has 0 aromatic carbocycles. The molecule has 5 heteroatoms. The molecule has 0 saturated carbocycles. The average molecular weight is 360 g/mol. The molecule has 3 nitrogen and oxygen atoms in total. The molecular weight excluding hydrogens is 338 g/mol. The molecule has 0 spiro atoms. The first-order chi connectivity index (χ1) is 9.61. The highest BCUT2D eigenvalue weighted by Crippen LogP contribution is 2.36. The Morgan fingerprint density at radius 2 is 2.15 bits per heavy atom. The molecular formula is C15H22BrNO2S. The molecule has 1 aromatic heterocycles. The first-order valence-electron chi connectivity index (χ1n) is 7.27. The molecule has 2 rings (SSSR count). The van der Waals surface area contributed by atoms with E-state index in [1.165, 1.54) is 29.0 Å². The topological polar surface area (TPSA) is 29.5 Å². The molecule has 0 radical (unpaired) electrons. The van der Waals surface area contributed by atoms with E-state index in [2.05, 4.69) is 33.8 Å². The molecule has 1 aliphatic heterocycles. The van der Waals surface area contributed by atoms with Crippen molar-refractivity contribution in [2.24, 2.45) is 0 Å². The Balaban J connectivity index is 2.16. The highest BCUT2D eigenvalue weighted by atomic mass is 79.9. The number of carbonyl (C=O) groups excluding carboxylic acids is 1. The zero-order chi connectivity index (χ0) is 14.5. The molecule has 1 atom stereocenters. The molecule has 1 aliphatic rings. The number of rotatable bonds is 5. The van der Waals surface area contributed by atoms with E-state index >= 15 is 0 Å². The van der Waals surface area contributed by atoms with Gasteiger partial charge >= 0.3 is 5.97 Å². The van der Waals surface area contributed by atoms with E-state index in [-0.39, 0.29) is 12.0 Å². The standard InChI is InChI=1S/C15H22BrNO2S/c1-3-19-15(18)10-13(17-7-5-4-6-8-17)14-9-12(16)11(2)20-14/h9,13H,3-8,10H2,1-2H3. The Kier molecular flexibility index (Phi) is 6.05. The molecule has 0 N–H and O–H groups in total. The second kappa shape index (κ2) is 7.57.